The predicted molar refractivity (Wildman–Crippen MR) is 103 cm³/mol. The van der Waals surface area contributed by atoms with E-state index in [1.807, 2.05) is 32.0 Å². The minimum atomic E-state index is -0.166. The molecule has 5 nitrogen and oxygen atoms in total. The molecule has 0 atom stereocenters. The number of benzene rings is 1. The number of carbonyl (C=O) groups excluding carboxylic acids is 1. The average molecular weight is 416 g/mol. The highest BCUT2D eigenvalue weighted by Crippen LogP contribution is 2.26. The van der Waals surface area contributed by atoms with Gasteiger partial charge in [0, 0.05) is 32.6 Å². The van der Waals surface area contributed by atoms with Crippen LogP contribution in [0.3, 0.4) is 0 Å². The van der Waals surface area contributed by atoms with E-state index in [1.165, 1.54) is 5.56 Å². The van der Waals surface area contributed by atoms with E-state index in [0.717, 1.165) is 35.9 Å². The fourth-order valence-corrected chi connectivity index (χ4v) is 3.08. The fourth-order valence-electron chi connectivity index (χ4n) is 2.49. The molecule has 1 rings (SSSR count). The van der Waals surface area contributed by atoms with Crippen molar-refractivity contribution in [1.29, 1.82) is 0 Å². The maximum atomic E-state index is 11.9. The fraction of sp³-hybridized carbons (Fsp3) is 0.632. The summed E-state index contributed by atoms with van der Waals surface area (Å²) >= 11 is 3.48. The molecule has 0 aliphatic rings. The second kappa shape index (κ2) is 13.1. The lowest BCUT2D eigenvalue weighted by Gasteiger charge is -2.16. The molecule has 0 aromatic heterocycles. The van der Waals surface area contributed by atoms with E-state index in [4.69, 9.17) is 14.2 Å². The summed E-state index contributed by atoms with van der Waals surface area (Å²) < 4.78 is 17.1. The van der Waals surface area contributed by atoms with E-state index < -0.39 is 0 Å². The van der Waals surface area contributed by atoms with Gasteiger partial charge in [0.25, 0.3) is 0 Å². The van der Waals surface area contributed by atoms with Crippen LogP contribution in [-0.4, -0.2) is 39.1 Å². The second-order valence-electron chi connectivity index (χ2n) is 5.65. The number of halogens is 1. The Hall–Kier alpha value is -1.11. The molecule has 1 aromatic carbocycles. The van der Waals surface area contributed by atoms with Crippen molar-refractivity contribution in [3.8, 4) is 5.75 Å². The molecule has 25 heavy (non-hydrogen) atoms. The molecule has 0 radical (unpaired) electrons. The van der Waals surface area contributed by atoms with Gasteiger partial charge in [-0.25, -0.2) is 0 Å². The number of rotatable bonds is 13. The topological polar surface area (TPSA) is 56.8 Å². The maximum absolute atomic E-state index is 11.9. The van der Waals surface area contributed by atoms with Crippen LogP contribution >= 0.6 is 15.9 Å². The Bertz CT molecular complexity index is 504. The first kappa shape index (κ1) is 21.9. The van der Waals surface area contributed by atoms with Crippen molar-refractivity contribution in [1.82, 2.24) is 5.32 Å². The van der Waals surface area contributed by atoms with Gasteiger partial charge in [0.2, 0.25) is 5.91 Å². The van der Waals surface area contributed by atoms with E-state index in [2.05, 4.69) is 21.2 Å². The Morgan fingerprint density at radius 1 is 1.20 bits per heavy atom. The summed E-state index contributed by atoms with van der Waals surface area (Å²) in [7, 11) is 1.65. The number of ether oxygens (including phenoxy) is 3. The molecule has 1 N–H and O–H groups in total. The van der Waals surface area contributed by atoms with Crippen LogP contribution in [0.4, 0.5) is 0 Å². The number of nitrogens with one attached hydrogen (secondary N) is 1. The third kappa shape index (κ3) is 9.23. The molecule has 0 saturated carbocycles. The highest BCUT2D eigenvalue weighted by atomic mass is 79.9. The Kier molecular flexibility index (Phi) is 11.5. The minimum absolute atomic E-state index is 0.0944. The largest absolute Gasteiger partial charge is 0.496 e. The van der Waals surface area contributed by atoms with Crippen LogP contribution in [0.2, 0.25) is 0 Å². The summed E-state index contributed by atoms with van der Waals surface area (Å²) in [6.45, 7) is 5.84. The molecule has 0 saturated heterocycles. The van der Waals surface area contributed by atoms with Gasteiger partial charge in [0.1, 0.15) is 5.75 Å². The van der Waals surface area contributed by atoms with Gasteiger partial charge in [-0.2, -0.15) is 0 Å². The Labute approximate surface area is 159 Å². The summed E-state index contributed by atoms with van der Waals surface area (Å²) in [6.07, 6.45) is 3.70. The quantitative estimate of drug-likeness (QED) is 0.389. The molecular formula is C19H30BrNO4. The van der Waals surface area contributed by atoms with Gasteiger partial charge in [-0.05, 0) is 66.7 Å². The van der Waals surface area contributed by atoms with Crippen molar-refractivity contribution < 1.29 is 19.0 Å². The van der Waals surface area contributed by atoms with Gasteiger partial charge >= 0.3 is 0 Å². The van der Waals surface area contributed by atoms with Crippen molar-refractivity contribution in [2.24, 2.45) is 0 Å². The van der Waals surface area contributed by atoms with Gasteiger partial charge in [0.15, 0.2) is 6.29 Å². The summed E-state index contributed by atoms with van der Waals surface area (Å²) in [6, 6.07) is 6.01. The van der Waals surface area contributed by atoms with Crippen LogP contribution < -0.4 is 10.1 Å². The lowest BCUT2D eigenvalue weighted by Crippen LogP contribution is -2.26. The average Bonchev–Trinajstić information content (AvgIpc) is 2.59. The number of hydrogen-bond acceptors (Lipinski definition) is 4. The highest BCUT2D eigenvalue weighted by Gasteiger charge is 2.08. The smallest absolute Gasteiger partial charge is 0.220 e. The number of carbonyl (C=O) groups is 1. The van der Waals surface area contributed by atoms with Gasteiger partial charge in [-0.3, -0.25) is 4.79 Å². The van der Waals surface area contributed by atoms with E-state index in [1.54, 1.807) is 7.11 Å². The molecule has 0 bridgehead atoms. The molecule has 0 fully saturated rings. The second-order valence-corrected chi connectivity index (χ2v) is 6.51. The first-order chi connectivity index (χ1) is 12.1. The van der Waals surface area contributed by atoms with Gasteiger partial charge in [-0.15, -0.1) is 0 Å². The molecule has 142 valence electrons. The molecule has 0 aliphatic heterocycles. The molecule has 1 aromatic rings. The summed E-state index contributed by atoms with van der Waals surface area (Å²) in [5.74, 6) is 0.913. The standard InChI is InChI=1S/C19H30BrNO4/c1-4-24-19(25-5-2)10-7-13-21-18(22)9-6-8-15-11-12-17(23-3)16(20)14-15/h11-12,14,19H,4-10,13H2,1-3H3,(H,21,22). The predicted octanol–water partition coefficient (Wildman–Crippen LogP) is 4.08. The number of methoxy groups -OCH3 is 1. The van der Waals surface area contributed by atoms with Crippen LogP contribution in [0.1, 0.15) is 45.1 Å². The van der Waals surface area contributed by atoms with E-state index in [9.17, 15) is 4.79 Å². The summed E-state index contributed by atoms with van der Waals surface area (Å²) in [5.41, 5.74) is 1.19. The normalized spacial score (nSPS) is 10.9. The molecule has 0 aliphatic carbocycles. The van der Waals surface area contributed by atoms with Crippen LogP contribution in [-0.2, 0) is 20.7 Å². The van der Waals surface area contributed by atoms with Gasteiger partial charge in [0.05, 0.1) is 11.6 Å². The van der Waals surface area contributed by atoms with Gasteiger partial charge in [-0.1, -0.05) is 6.07 Å². The number of amides is 1. The SMILES string of the molecule is CCOC(CCCNC(=O)CCCc1ccc(OC)c(Br)c1)OCC. The molecular weight excluding hydrogens is 386 g/mol. The van der Waals surface area contributed by atoms with Crippen molar-refractivity contribution in [3.05, 3.63) is 28.2 Å². The molecule has 1 amide bonds. The zero-order valence-corrected chi connectivity index (χ0v) is 17.1. The van der Waals surface area contributed by atoms with E-state index in [0.29, 0.717) is 26.2 Å². The van der Waals surface area contributed by atoms with E-state index in [-0.39, 0.29) is 12.2 Å². The lowest BCUT2D eigenvalue weighted by atomic mass is 10.1. The third-order valence-electron chi connectivity index (χ3n) is 3.73. The maximum Gasteiger partial charge on any atom is 0.220 e. The van der Waals surface area contributed by atoms with Crippen molar-refractivity contribution in [3.63, 3.8) is 0 Å². The summed E-state index contributed by atoms with van der Waals surface area (Å²) in [4.78, 5) is 11.9. The highest BCUT2D eigenvalue weighted by molar-refractivity contribution is 9.10. The zero-order valence-electron chi connectivity index (χ0n) is 15.5. The van der Waals surface area contributed by atoms with Crippen molar-refractivity contribution >= 4 is 21.8 Å². The van der Waals surface area contributed by atoms with Crippen LogP contribution in [0, 0.1) is 0 Å². The van der Waals surface area contributed by atoms with Crippen LogP contribution in [0.5, 0.6) is 5.75 Å². The molecule has 6 heteroatoms. The minimum Gasteiger partial charge on any atom is -0.496 e. The third-order valence-corrected chi connectivity index (χ3v) is 4.35. The molecule has 0 heterocycles. The first-order valence-corrected chi connectivity index (χ1v) is 9.72. The molecule has 0 unspecified atom stereocenters. The Balaban J connectivity index is 2.17. The zero-order chi connectivity index (χ0) is 18.5. The van der Waals surface area contributed by atoms with Crippen LogP contribution in [0.25, 0.3) is 0 Å². The van der Waals surface area contributed by atoms with Crippen molar-refractivity contribution in [2.75, 3.05) is 26.9 Å². The van der Waals surface area contributed by atoms with E-state index >= 15 is 0 Å². The summed E-state index contributed by atoms with van der Waals surface area (Å²) in [5, 5.41) is 2.96. The lowest BCUT2D eigenvalue weighted by molar-refractivity contribution is -0.140. The number of aryl methyl sites for hydroxylation is 1. The Morgan fingerprint density at radius 2 is 1.92 bits per heavy atom. The number of hydrogen-bond donors (Lipinski definition) is 1. The van der Waals surface area contributed by atoms with Crippen molar-refractivity contribution in [2.45, 2.75) is 52.2 Å². The first-order valence-electron chi connectivity index (χ1n) is 8.93. The van der Waals surface area contributed by atoms with Crippen LogP contribution in [0.15, 0.2) is 22.7 Å². The molecule has 0 spiro atoms. The van der Waals surface area contributed by atoms with Gasteiger partial charge < -0.3 is 19.5 Å². The monoisotopic (exact) mass is 415 g/mol. The Morgan fingerprint density at radius 3 is 2.52 bits per heavy atom.